The molecule has 5 nitrogen and oxygen atoms in total. The molecule has 100 valence electrons. The topological polar surface area (TPSA) is 73.1 Å². The van der Waals surface area contributed by atoms with Gasteiger partial charge >= 0.3 is 0 Å². The zero-order valence-electron chi connectivity index (χ0n) is 11.0. The first-order valence-corrected chi connectivity index (χ1v) is 6.24. The highest BCUT2D eigenvalue weighted by Crippen LogP contribution is 2.29. The van der Waals surface area contributed by atoms with Crippen molar-refractivity contribution >= 4 is 16.6 Å². The summed E-state index contributed by atoms with van der Waals surface area (Å²) in [5, 5.41) is 2.15. The van der Waals surface area contributed by atoms with E-state index in [-0.39, 0.29) is 0 Å². The van der Waals surface area contributed by atoms with Crippen LogP contribution in [0, 0.1) is 6.92 Å². The van der Waals surface area contributed by atoms with E-state index < -0.39 is 0 Å². The summed E-state index contributed by atoms with van der Waals surface area (Å²) < 4.78 is 5.87. The molecule has 1 heterocycles. The van der Waals surface area contributed by atoms with Crippen molar-refractivity contribution in [1.82, 2.24) is 9.97 Å². The molecular weight excluding hydrogens is 252 g/mol. The third kappa shape index (κ3) is 2.39. The van der Waals surface area contributed by atoms with E-state index >= 15 is 0 Å². The number of nitrogens with two attached hydrogens (primary N) is 1. The molecular formula is C15H14N4O. The van der Waals surface area contributed by atoms with E-state index in [1.165, 1.54) is 0 Å². The Morgan fingerprint density at radius 1 is 1.05 bits per heavy atom. The highest BCUT2D eigenvalue weighted by atomic mass is 16.5. The number of nitrogens with zero attached hydrogens (tertiary/aromatic N) is 2. The zero-order valence-corrected chi connectivity index (χ0v) is 11.0. The van der Waals surface area contributed by atoms with Crippen molar-refractivity contribution in [2.45, 2.75) is 6.92 Å². The van der Waals surface area contributed by atoms with Gasteiger partial charge in [0.2, 0.25) is 5.88 Å². The average Bonchev–Trinajstić information content (AvgIpc) is 2.47. The van der Waals surface area contributed by atoms with Gasteiger partial charge in [0, 0.05) is 11.5 Å². The first-order chi connectivity index (χ1) is 9.76. The molecule has 3 aromatic rings. The Balaban J connectivity index is 2.03. The molecule has 20 heavy (non-hydrogen) atoms. The highest BCUT2D eigenvalue weighted by Gasteiger charge is 2.06. The lowest BCUT2D eigenvalue weighted by molar-refractivity contribution is 0.465. The van der Waals surface area contributed by atoms with E-state index in [0.29, 0.717) is 17.5 Å². The normalized spacial score (nSPS) is 10.5. The summed E-state index contributed by atoms with van der Waals surface area (Å²) >= 11 is 0. The molecule has 0 bridgehead atoms. The minimum Gasteiger partial charge on any atom is -0.438 e. The Morgan fingerprint density at radius 3 is 2.70 bits per heavy atom. The van der Waals surface area contributed by atoms with E-state index in [9.17, 15) is 0 Å². The maximum atomic E-state index is 5.87. The summed E-state index contributed by atoms with van der Waals surface area (Å²) in [5.41, 5.74) is 2.50. The Labute approximate surface area is 116 Å². The van der Waals surface area contributed by atoms with Gasteiger partial charge in [0.15, 0.2) is 0 Å². The molecule has 0 aliphatic rings. The number of hydrazine groups is 1. The molecule has 0 saturated carbocycles. The summed E-state index contributed by atoms with van der Waals surface area (Å²) in [6.45, 7) is 1.79. The second kappa shape index (κ2) is 5.14. The summed E-state index contributed by atoms with van der Waals surface area (Å²) in [7, 11) is 0. The van der Waals surface area contributed by atoms with Crippen LogP contribution in [0.15, 0.2) is 48.5 Å². The van der Waals surface area contributed by atoms with Crippen molar-refractivity contribution in [2.24, 2.45) is 5.84 Å². The molecule has 0 saturated heterocycles. The first kappa shape index (κ1) is 12.4. The monoisotopic (exact) mass is 266 g/mol. The molecule has 5 heteroatoms. The van der Waals surface area contributed by atoms with Crippen LogP contribution in [0.3, 0.4) is 0 Å². The molecule has 0 atom stereocenters. The van der Waals surface area contributed by atoms with Gasteiger partial charge in [-0.15, -0.1) is 0 Å². The van der Waals surface area contributed by atoms with Gasteiger partial charge in [-0.05, 0) is 18.4 Å². The Morgan fingerprint density at radius 2 is 1.85 bits per heavy atom. The minimum absolute atomic E-state index is 0.460. The maximum Gasteiger partial charge on any atom is 0.224 e. The van der Waals surface area contributed by atoms with E-state index in [0.717, 1.165) is 16.5 Å². The molecule has 0 aliphatic carbocycles. The van der Waals surface area contributed by atoms with Crippen LogP contribution in [0.5, 0.6) is 11.6 Å². The van der Waals surface area contributed by atoms with E-state index in [1.807, 2.05) is 42.5 Å². The van der Waals surface area contributed by atoms with Crippen LogP contribution in [-0.2, 0) is 0 Å². The van der Waals surface area contributed by atoms with Crippen LogP contribution in [0.25, 0.3) is 10.8 Å². The number of nitrogen functional groups attached to an aromatic ring is 1. The van der Waals surface area contributed by atoms with Gasteiger partial charge in [0.1, 0.15) is 17.4 Å². The average molecular weight is 266 g/mol. The van der Waals surface area contributed by atoms with Crippen LogP contribution in [-0.4, -0.2) is 9.97 Å². The predicted molar refractivity (Wildman–Crippen MR) is 78.6 cm³/mol. The number of hydrogen-bond donors (Lipinski definition) is 2. The van der Waals surface area contributed by atoms with E-state index in [1.54, 1.807) is 13.0 Å². The fraction of sp³-hybridized carbons (Fsp3) is 0.0667. The molecule has 0 aliphatic heterocycles. The highest BCUT2D eigenvalue weighted by molar-refractivity contribution is 5.88. The van der Waals surface area contributed by atoms with Crippen LogP contribution >= 0.6 is 0 Å². The summed E-state index contributed by atoms with van der Waals surface area (Å²) in [6.07, 6.45) is 0. The van der Waals surface area contributed by atoms with Gasteiger partial charge in [-0.1, -0.05) is 36.4 Å². The number of rotatable bonds is 3. The first-order valence-electron chi connectivity index (χ1n) is 6.24. The summed E-state index contributed by atoms with van der Waals surface area (Å²) in [4.78, 5) is 8.38. The number of hydrogen-bond acceptors (Lipinski definition) is 5. The van der Waals surface area contributed by atoms with Crippen LogP contribution < -0.4 is 16.0 Å². The lowest BCUT2D eigenvalue weighted by Gasteiger charge is -2.09. The largest absolute Gasteiger partial charge is 0.438 e. The van der Waals surface area contributed by atoms with Crippen LogP contribution in [0.1, 0.15) is 5.82 Å². The molecule has 0 amide bonds. The minimum atomic E-state index is 0.460. The van der Waals surface area contributed by atoms with Crippen molar-refractivity contribution in [2.75, 3.05) is 5.43 Å². The maximum absolute atomic E-state index is 5.87. The van der Waals surface area contributed by atoms with Crippen LogP contribution in [0.4, 0.5) is 5.82 Å². The van der Waals surface area contributed by atoms with Gasteiger partial charge < -0.3 is 10.2 Å². The molecule has 3 N–H and O–H groups in total. The quantitative estimate of drug-likeness (QED) is 0.563. The molecule has 2 aromatic carbocycles. The molecule has 0 spiro atoms. The van der Waals surface area contributed by atoms with Crippen LogP contribution in [0.2, 0.25) is 0 Å². The molecule has 1 aromatic heterocycles. The predicted octanol–water partition coefficient (Wildman–Crippen LogP) is 3.02. The molecule has 0 unspecified atom stereocenters. The number of nitrogens with one attached hydrogen (secondary N) is 1. The Kier molecular flexibility index (Phi) is 3.18. The number of fused-ring (bicyclic) bond motifs is 1. The SMILES string of the molecule is Cc1nc(NN)cc(Oc2cccc3ccccc23)n1. The summed E-state index contributed by atoms with van der Waals surface area (Å²) in [6, 6.07) is 15.6. The van der Waals surface area contributed by atoms with Crippen molar-refractivity contribution in [3.8, 4) is 11.6 Å². The lowest BCUT2D eigenvalue weighted by Crippen LogP contribution is -2.09. The van der Waals surface area contributed by atoms with Gasteiger partial charge in [0.25, 0.3) is 0 Å². The fourth-order valence-corrected chi connectivity index (χ4v) is 2.06. The summed E-state index contributed by atoms with van der Waals surface area (Å²) in [5.74, 6) is 7.70. The third-order valence-electron chi connectivity index (χ3n) is 2.93. The van der Waals surface area contributed by atoms with E-state index in [2.05, 4.69) is 15.4 Å². The Bertz CT molecular complexity index is 752. The molecule has 3 rings (SSSR count). The van der Waals surface area contributed by atoms with Crippen molar-refractivity contribution in [1.29, 1.82) is 0 Å². The standard InChI is InChI=1S/C15H14N4O/c1-10-17-14(19-16)9-15(18-10)20-13-8-4-6-11-5-2-3-7-12(11)13/h2-9H,16H2,1H3,(H,17,18,19). The number of benzene rings is 2. The zero-order chi connectivity index (χ0) is 13.9. The third-order valence-corrected chi connectivity index (χ3v) is 2.93. The van der Waals surface area contributed by atoms with E-state index in [4.69, 9.17) is 10.6 Å². The van der Waals surface area contributed by atoms with Crippen molar-refractivity contribution < 1.29 is 4.74 Å². The second-order valence-electron chi connectivity index (χ2n) is 4.36. The number of aryl methyl sites for hydroxylation is 1. The number of anilines is 1. The smallest absolute Gasteiger partial charge is 0.224 e. The Hall–Kier alpha value is -2.66. The van der Waals surface area contributed by atoms with Gasteiger partial charge in [-0.25, -0.2) is 10.8 Å². The lowest BCUT2D eigenvalue weighted by atomic mass is 10.1. The van der Waals surface area contributed by atoms with Crippen molar-refractivity contribution in [3.05, 3.63) is 54.4 Å². The molecule has 0 radical (unpaired) electrons. The van der Waals surface area contributed by atoms with Gasteiger partial charge in [-0.2, -0.15) is 4.98 Å². The number of ether oxygens (including phenoxy) is 1. The fourth-order valence-electron chi connectivity index (χ4n) is 2.06. The van der Waals surface area contributed by atoms with Gasteiger partial charge in [-0.3, -0.25) is 0 Å². The molecule has 0 fully saturated rings. The van der Waals surface area contributed by atoms with Gasteiger partial charge in [0.05, 0.1) is 0 Å². The second-order valence-corrected chi connectivity index (χ2v) is 4.36. The number of aromatic nitrogens is 2. The van der Waals surface area contributed by atoms with Crippen molar-refractivity contribution in [3.63, 3.8) is 0 Å².